The topological polar surface area (TPSA) is 86.7 Å². The van der Waals surface area contributed by atoms with Gasteiger partial charge in [0, 0.05) is 24.2 Å². The maximum atomic E-state index is 12.6. The molecule has 1 saturated heterocycles. The maximum Gasteiger partial charge on any atom is 0.335 e. The molecule has 3 rings (SSSR count). The van der Waals surface area contributed by atoms with Crippen molar-refractivity contribution in [3.8, 4) is 0 Å². The molecule has 0 bridgehead atoms. The molecule has 0 aromatic heterocycles. The van der Waals surface area contributed by atoms with Crippen molar-refractivity contribution < 1.29 is 19.5 Å². The van der Waals surface area contributed by atoms with Crippen molar-refractivity contribution in [2.24, 2.45) is 0 Å². The molecule has 6 heteroatoms. The van der Waals surface area contributed by atoms with Gasteiger partial charge in [-0.15, -0.1) is 0 Å². The highest BCUT2D eigenvalue weighted by Gasteiger charge is 2.24. The number of amides is 2. The SMILES string of the molecule is C[C@@H](NC(=O)c1cc(C(=O)O)cc(N2CCCC2=O)c1)c1ccccc1. The summed E-state index contributed by atoms with van der Waals surface area (Å²) in [5, 5.41) is 12.2. The Bertz CT molecular complexity index is 848. The number of hydrogen-bond acceptors (Lipinski definition) is 3. The van der Waals surface area contributed by atoms with Crippen LogP contribution in [0.25, 0.3) is 0 Å². The fourth-order valence-electron chi connectivity index (χ4n) is 3.05. The van der Waals surface area contributed by atoms with Crippen LogP contribution in [-0.4, -0.2) is 29.4 Å². The van der Waals surface area contributed by atoms with Gasteiger partial charge in [-0.2, -0.15) is 0 Å². The molecule has 0 unspecified atom stereocenters. The highest BCUT2D eigenvalue weighted by Crippen LogP contribution is 2.25. The number of hydrogen-bond donors (Lipinski definition) is 2. The van der Waals surface area contributed by atoms with Crippen LogP contribution in [0.15, 0.2) is 48.5 Å². The first-order chi connectivity index (χ1) is 12.5. The fraction of sp³-hybridized carbons (Fsp3) is 0.250. The van der Waals surface area contributed by atoms with Gasteiger partial charge < -0.3 is 15.3 Å². The number of carbonyl (C=O) groups is 3. The van der Waals surface area contributed by atoms with Gasteiger partial charge in [0.1, 0.15) is 0 Å². The van der Waals surface area contributed by atoms with Crippen molar-refractivity contribution in [2.75, 3.05) is 11.4 Å². The summed E-state index contributed by atoms with van der Waals surface area (Å²) in [6.45, 7) is 2.39. The zero-order chi connectivity index (χ0) is 18.7. The van der Waals surface area contributed by atoms with Crippen LogP contribution in [-0.2, 0) is 4.79 Å². The molecule has 1 aliphatic heterocycles. The average molecular weight is 352 g/mol. The Morgan fingerprint density at radius 1 is 1.12 bits per heavy atom. The summed E-state index contributed by atoms with van der Waals surface area (Å²) in [5.41, 5.74) is 1.61. The average Bonchev–Trinajstić information content (AvgIpc) is 3.08. The Morgan fingerprint density at radius 2 is 1.81 bits per heavy atom. The Morgan fingerprint density at radius 3 is 2.42 bits per heavy atom. The number of nitrogens with one attached hydrogen (secondary N) is 1. The molecule has 0 spiro atoms. The van der Waals surface area contributed by atoms with Gasteiger partial charge in [-0.3, -0.25) is 9.59 Å². The summed E-state index contributed by atoms with van der Waals surface area (Å²) >= 11 is 0. The van der Waals surface area contributed by atoms with Crippen LogP contribution in [0.2, 0.25) is 0 Å². The van der Waals surface area contributed by atoms with Crippen molar-refractivity contribution in [1.82, 2.24) is 5.32 Å². The van der Waals surface area contributed by atoms with Crippen LogP contribution in [0.3, 0.4) is 0 Å². The van der Waals surface area contributed by atoms with E-state index in [4.69, 9.17) is 0 Å². The third-order valence-electron chi connectivity index (χ3n) is 4.46. The van der Waals surface area contributed by atoms with Crippen molar-refractivity contribution in [3.63, 3.8) is 0 Å². The molecule has 2 N–H and O–H groups in total. The van der Waals surface area contributed by atoms with Crippen LogP contribution in [0.5, 0.6) is 0 Å². The molecule has 134 valence electrons. The van der Waals surface area contributed by atoms with Crippen molar-refractivity contribution in [1.29, 1.82) is 0 Å². The van der Waals surface area contributed by atoms with Gasteiger partial charge in [-0.1, -0.05) is 30.3 Å². The van der Waals surface area contributed by atoms with E-state index in [0.29, 0.717) is 18.7 Å². The molecule has 1 aliphatic rings. The third kappa shape index (κ3) is 3.74. The number of carbonyl (C=O) groups excluding carboxylic acids is 2. The number of benzene rings is 2. The summed E-state index contributed by atoms with van der Waals surface area (Å²) in [7, 11) is 0. The minimum absolute atomic E-state index is 0.0142. The number of nitrogens with zero attached hydrogens (tertiary/aromatic N) is 1. The van der Waals surface area contributed by atoms with Gasteiger partial charge >= 0.3 is 5.97 Å². The molecular formula is C20H20N2O4. The first-order valence-corrected chi connectivity index (χ1v) is 8.50. The minimum atomic E-state index is -1.14. The molecule has 1 heterocycles. The summed E-state index contributed by atoms with van der Waals surface area (Å²) in [6.07, 6.45) is 1.16. The standard InChI is InChI=1S/C20H20N2O4/c1-13(14-6-3-2-4-7-14)21-19(24)15-10-16(20(25)26)12-17(11-15)22-9-5-8-18(22)23/h2-4,6-7,10-13H,5,8-9H2,1H3,(H,21,24)(H,25,26)/t13-/m1/s1. The van der Waals surface area contributed by atoms with Crippen molar-refractivity contribution in [2.45, 2.75) is 25.8 Å². The smallest absolute Gasteiger partial charge is 0.335 e. The van der Waals surface area contributed by atoms with E-state index in [1.54, 1.807) is 6.07 Å². The van der Waals surface area contributed by atoms with Crippen LogP contribution in [0.1, 0.15) is 52.1 Å². The lowest BCUT2D eigenvalue weighted by molar-refractivity contribution is -0.117. The Hall–Kier alpha value is -3.15. The molecule has 0 aliphatic carbocycles. The summed E-state index contributed by atoms with van der Waals surface area (Å²) in [4.78, 5) is 37.6. The number of rotatable bonds is 5. The molecular weight excluding hydrogens is 332 g/mol. The second-order valence-corrected chi connectivity index (χ2v) is 6.33. The van der Waals surface area contributed by atoms with E-state index in [1.807, 2.05) is 37.3 Å². The van der Waals surface area contributed by atoms with Gasteiger partial charge in [0.15, 0.2) is 0 Å². The second-order valence-electron chi connectivity index (χ2n) is 6.33. The summed E-state index contributed by atoms with van der Waals surface area (Å²) in [5.74, 6) is -1.57. The van der Waals surface area contributed by atoms with E-state index in [1.165, 1.54) is 17.0 Å². The lowest BCUT2D eigenvalue weighted by atomic mass is 10.1. The molecule has 2 aromatic rings. The van der Waals surface area contributed by atoms with Gasteiger partial charge in [-0.25, -0.2) is 4.79 Å². The summed E-state index contributed by atoms with van der Waals surface area (Å²) < 4.78 is 0. The predicted molar refractivity (Wildman–Crippen MR) is 97.3 cm³/mol. The minimum Gasteiger partial charge on any atom is -0.478 e. The molecule has 26 heavy (non-hydrogen) atoms. The molecule has 0 radical (unpaired) electrons. The van der Waals surface area contributed by atoms with Gasteiger partial charge in [0.25, 0.3) is 5.91 Å². The highest BCUT2D eigenvalue weighted by molar-refractivity contribution is 6.02. The number of carboxylic acids is 1. The molecule has 2 aromatic carbocycles. The number of anilines is 1. The zero-order valence-corrected chi connectivity index (χ0v) is 14.4. The van der Waals surface area contributed by atoms with Crippen LogP contribution >= 0.6 is 0 Å². The summed E-state index contributed by atoms with van der Waals surface area (Å²) in [6, 6.07) is 13.6. The third-order valence-corrected chi connectivity index (χ3v) is 4.46. The van der Waals surface area contributed by atoms with Crippen molar-refractivity contribution >= 4 is 23.5 Å². The normalized spacial score (nSPS) is 15.0. The van der Waals surface area contributed by atoms with Gasteiger partial charge in [-0.05, 0) is 37.1 Å². The molecule has 0 saturated carbocycles. The number of carboxylic acid groups (broad SMARTS) is 1. The highest BCUT2D eigenvalue weighted by atomic mass is 16.4. The first-order valence-electron chi connectivity index (χ1n) is 8.50. The Balaban J connectivity index is 1.88. The largest absolute Gasteiger partial charge is 0.478 e. The van der Waals surface area contributed by atoms with E-state index in [0.717, 1.165) is 12.0 Å². The Labute approximate surface area is 151 Å². The van der Waals surface area contributed by atoms with E-state index in [9.17, 15) is 19.5 Å². The lowest BCUT2D eigenvalue weighted by Crippen LogP contribution is -2.28. The van der Waals surface area contributed by atoms with Crippen LogP contribution < -0.4 is 10.2 Å². The molecule has 1 atom stereocenters. The van der Waals surface area contributed by atoms with Crippen LogP contribution in [0.4, 0.5) is 5.69 Å². The second kappa shape index (κ2) is 7.39. The fourth-order valence-corrected chi connectivity index (χ4v) is 3.05. The van der Waals surface area contributed by atoms with Gasteiger partial charge in [0.2, 0.25) is 5.91 Å². The Kier molecular flexibility index (Phi) is 5.02. The van der Waals surface area contributed by atoms with E-state index in [-0.39, 0.29) is 29.0 Å². The van der Waals surface area contributed by atoms with Crippen LogP contribution in [0, 0.1) is 0 Å². The van der Waals surface area contributed by atoms with Gasteiger partial charge in [0.05, 0.1) is 11.6 Å². The maximum absolute atomic E-state index is 12.6. The molecule has 2 amide bonds. The zero-order valence-electron chi connectivity index (χ0n) is 14.4. The molecule has 6 nitrogen and oxygen atoms in total. The number of aromatic carboxylic acids is 1. The molecule has 1 fully saturated rings. The first kappa shape index (κ1) is 17.7. The van der Waals surface area contributed by atoms with Crippen molar-refractivity contribution in [3.05, 3.63) is 65.2 Å². The lowest BCUT2D eigenvalue weighted by Gasteiger charge is -2.19. The monoisotopic (exact) mass is 352 g/mol. The van der Waals surface area contributed by atoms with E-state index in [2.05, 4.69) is 5.32 Å². The quantitative estimate of drug-likeness (QED) is 0.866. The van der Waals surface area contributed by atoms with E-state index < -0.39 is 5.97 Å². The van der Waals surface area contributed by atoms with E-state index >= 15 is 0 Å². The predicted octanol–water partition coefficient (Wildman–Crippen LogP) is 3.00.